The molecule has 0 bridgehead atoms. The molecule has 1 heterocycles. The van der Waals surface area contributed by atoms with E-state index in [9.17, 15) is 0 Å². The van der Waals surface area contributed by atoms with Crippen LogP contribution in [-0.4, -0.2) is 12.5 Å². The van der Waals surface area contributed by atoms with Gasteiger partial charge in [0.1, 0.15) is 0 Å². The molecule has 0 radical (unpaired) electrons. The van der Waals surface area contributed by atoms with Crippen LogP contribution in [0.25, 0.3) is 32.3 Å². The number of hydrogen-bond donors (Lipinski definition) is 0. The minimum atomic E-state index is 1.16. The van der Waals surface area contributed by atoms with E-state index in [1.165, 1.54) is 64.9 Å². The van der Waals surface area contributed by atoms with Crippen LogP contribution in [-0.2, 0) is 0 Å². The lowest BCUT2D eigenvalue weighted by Crippen LogP contribution is -2.24. The lowest BCUT2D eigenvalue weighted by atomic mass is 9.99. The molecule has 4 heteroatoms. The standard InChI is InChI=1S/C38H28N2S2/c1-41-37-23-35-36(24-38(37)42-2)40(32-18-16-26-10-4-6-12-28(26)20-32)34-22-30-14-8-7-13-29(30)21-33(34)39(35)31-17-15-25-9-3-5-11-27(25)19-31/h3-24H,1-2H3. The van der Waals surface area contributed by atoms with E-state index in [1.54, 1.807) is 0 Å². The molecule has 0 N–H and O–H groups in total. The maximum Gasteiger partial charge on any atom is 0.0715 e. The summed E-state index contributed by atoms with van der Waals surface area (Å²) < 4.78 is 0. The van der Waals surface area contributed by atoms with E-state index in [0.717, 1.165) is 11.4 Å². The van der Waals surface area contributed by atoms with E-state index in [-0.39, 0.29) is 0 Å². The third kappa shape index (κ3) is 4.05. The Morgan fingerprint density at radius 3 is 1.07 bits per heavy atom. The normalized spacial score (nSPS) is 12.6. The summed E-state index contributed by atoms with van der Waals surface area (Å²) in [5, 5.41) is 7.43. The first-order chi connectivity index (χ1) is 20.7. The summed E-state index contributed by atoms with van der Waals surface area (Å²) in [5.41, 5.74) is 7.04. The first-order valence-electron chi connectivity index (χ1n) is 14.1. The number of hydrogen-bond acceptors (Lipinski definition) is 4. The van der Waals surface area contributed by atoms with Crippen LogP contribution in [0.15, 0.2) is 143 Å². The molecule has 0 spiro atoms. The minimum Gasteiger partial charge on any atom is -0.306 e. The van der Waals surface area contributed by atoms with E-state index in [4.69, 9.17) is 0 Å². The predicted octanol–water partition coefficient (Wildman–Crippen LogP) is 11.8. The highest BCUT2D eigenvalue weighted by Crippen LogP contribution is 2.57. The van der Waals surface area contributed by atoms with Crippen molar-refractivity contribution in [3.05, 3.63) is 133 Å². The number of benzene rings is 7. The van der Waals surface area contributed by atoms with Crippen molar-refractivity contribution in [3.63, 3.8) is 0 Å². The first-order valence-corrected chi connectivity index (χ1v) is 16.5. The highest BCUT2D eigenvalue weighted by atomic mass is 32.2. The van der Waals surface area contributed by atoms with Crippen LogP contribution in [0.1, 0.15) is 0 Å². The molecular formula is C38H28N2S2. The van der Waals surface area contributed by atoms with Gasteiger partial charge in [-0.2, -0.15) is 0 Å². The van der Waals surface area contributed by atoms with Gasteiger partial charge in [-0.3, -0.25) is 0 Å². The lowest BCUT2D eigenvalue weighted by Gasteiger charge is -2.41. The predicted molar refractivity (Wildman–Crippen MR) is 185 cm³/mol. The second kappa shape index (κ2) is 10.2. The van der Waals surface area contributed by atoms with Crippen LogP contribution in [0.3, 0.4) is 0 Å². The van der Waals surface area contributed by atoms with Crippen LogP contribution in [0.5, 0.6) is 0 Å². The van der Waals surface area contributed by atoms with Gasteiger partial charge in [0.2, 0.25) is 0 Å². The van der Waals surface area contributed by atoms with Gasteiger partial charge in [0.05, 0.1) is 22.7 Å². The zero-order valence-electron chi connectivity index (χ0n) is 23.4. The molecule has 0 aliphatic carbocycles. The summed E-state index contributed by atoms with van der Waals surface area (Å²) in [4.78, 5) is 7.50. The van der Waals surface area contributed by atoms with Gasteiger partial charge in [0.25, 0.3) is 0 Å². The fourth-order valence-corrected chi connectivity index (χ4v) is 7.72. The smallest absolute Gasteiger partial charge is 0.0715 e. The Balaban J connectivity index is 1.47. The molecule has 7 aromatic carbocycles. The van der Waals surface area contributed by atoms with Crippen molar-refractivity contribution in [1.29, 1.82) is 0 Å². The van der Waals surface area contributed by atoms with Crippen molar-refractivity contribution < 1.29 is 0 Å². The third-order valence-electron chi connectivity index (χ3n) is 8.27. The Morgan fingerprint density at radius 2 is 0.690 bits per heavy atom. The monoisotopic (exact) mass is 576 g/mol. The number of nitrogens with zero attached hydrogens (tertiary/aromatic N) is 2. The van der Waals surface area contributed by atoms with Gasteiger partial charge in [-0.05, 0) is 93.4 Å². The SMILES string of the molecule is CSc1cc2c(cc1SC)N(c1ccc3ccccc3c1)c1cc3ccccc3cc1N2c1ccc2ccccc2c1. The minimum absolute atomic E-state index is 1.16. The average molecular weight is 577 g/mol. The summed E-state index contributed by atoms with van der Waals surface area (Å²) in [7, 11) is 0. The number of thioether (sulfide) groups is 2. The van der Waals surface area contributed by atoms with Crippen molar-refractivity contribution >= 4 is 90.0 Å². The third-order valence-corrected chi connectivity index (χ3v) is 9.95. The molecule has 0 fully saturated rings. The van der Waals surface area contributed by atoms with Crippen molar-refractivity contribution in [3.8, 4) is 0 Å². The van der Waals surface area contributed by atoms with Gasteiger partial charge in [-0.1, -0.05) is 84.9 Å². The van der Waals surface area contributed by atoms with Crippen molar-refractivity contribution in [2.45, 2.75) is 9.79 Å². The molecule has 1 aliphatic rings. The van der Waals surface area contributed by atoms with Crippen LogP contribution in [0.2, 0.25) is 0 Å². The second-order valence-electron chi connectivity index (χ2n) is 10.6. The molecular weight excluding hydrogens is 549 g/mol. The summed E-state index contributed by atoms with van der Waals surface area (Å²) in [5.74, 6) is 0. The fourth-order valence-electron chi connectivity index (χ4n) is 6.24. The van der Waals surface area contributed by atoms with Gasteiger partial charge in [-0.25, -0.2) is 0 Å². The van der Waals surface area contributed by atoms with Crippen LogP contribution in [0, 0.1) is 0 Å². The molecule has 0 amide bonds. The van der Waals surface area contributed by atoms with E-state index < -0.39 is 0 Å². The van der Waals surface area contributed by atoms with Gasteiger partial charge in [0.15, 0.2) is 0 Å². The van der Waals surface area contributed by atoms with Crippen molar-refractivity contribution in [2.75, 3.05) is 22.3 Å². The molecule has 0 saturated heterocycles. The molecule has 42 heavy (non-hydrogen) atoms. The molecule has 0 unspecified atom stereocenters. The van der Waals surface area contributed by atoms with E-state index in [1.807, 2.05) is 23.5 Å². The summed E-state index contributed by atoms with van der Waals surface area (Å²) in [6, 6.07) is 49.1. The lowest BCUT2D eigenvalue weighted by molar-refractivity contribution is 1.13. The molecule has 202 valence electrons. The maximum absolute atomic E-state index is 2.46. The van der Waals surface area contributed by atoms with Crippen LogP contribution < -0.4 is 9.80 Å². The molecule has 0 saturated carbocycles. The van der Waals surface area contributed by atoms with Crippen molar-refractivity contribution in [1.82, 2.24) is 0 Å². The first kappa shape index (κ1) is 25.3. The van der Waals surface area contributed by atoms with Gasteiger partial charge in [0, 0.05) is 21.2 Å². The van der Waals surface area contributed by atoms with Crippen LogP contribution in [0.4, 0.5) is 34.1 Å². The average Bonchev–Trinajstić information content (AvgIpc) is 3.05. The largest absolute Gasteiger partial charge is 0.306 e. The maximum atomic E-state index is 2.46. The number of rotatable bonds is 4. The molecule has 0 aromatic heterocycles. The van der Waals surface area contributed by atoms with Gasteiger partial charge >= 0.3 is 0 Å². The fraction of sp³-hybridized carbons (Fsp3) is 0.0526. The molecule has 7 aromatic rings. The molecule has 8 rings (SSSR count). The molecule has 2 nitrogen and oxygen atoms in total. The molecule has 1 aliphatic heterocycles. The molecule has 0 atom stereocenters. The van der Waals surface area contributed by atoms with Gasteiger partial charge in [-0.15, -0.1) is 23.5 Å². The number of fused-ring (bicyclic) bond motifs is 5. The highest BCUT2D eigenvalue weighted by molar-refractivity contribution is 8.01. The Labute approximate surface area is 254 Å². The van der Waals surface area contributed by atoms with E-state index in [2.05, 4.69) is 156 Å². The van der Waals surface area contributed by atoms with Crippen molar-refractivity contribution in [2.24, 2.45) is 0 Å². The topological polar surface area (TPSA) is 6.48 Å². The summed E-state index contributed by atoms with van der Waals surface area (Å²) >= 11 is 3.62. The van der Waals surface area contributed by atoms with Crippen LogP contribution >= 0.6 is 23.5 Å². The Kier molecular flexibility index (Phi) is 6.13. The highest BCUT2D eigenvalue weighted by Gasteiger charge is 2.32. The van der Waals surface area contributed by atoms with E-state index >= 15 is 0 Å². The zero-order valence-corrected chi connectivity index (χ0v) is 25.0. The quantitative estimate of drug-likeness (QED) is 0.192. The summed E-state index contributed by atoms with van der Waals surface area (Å²) in [6.07, 6.45) is 4.35. The van der Waals surface area contributed by atoms with Gasteiger partial charge < -0.3 is 9.80 Å². The summed E-state index contributed by atoms with van der Waals surface area (Å²) in [6.45, 7) is 0. The Morgan fingerprint density at radius 1 is 0.357 bits per heavy atom. The second-order valence-corrected chi connectivity index (χ2v) is 12.3. The van der Waals surface area contributed by atoms with E-state index in [0.29, 0.717) is 0 Å². The number of anilines is 6. The Hall–Kier alpha value is -4.38. The Bertz CT molecular complexity index is 2000. The zero-order chi connectivity index (χ0) is 28.2.